The van der Waals surface area contributed by atoms with Crippen LogP contribution in [-0.4, -0.2) is 42.3 Å². The molecule has 1 rings (SSSR count). The van der Waals surface area contributed by atoms with E-state index in [4.69, 9.17) is 5.73 Å². The molecular formula is C9H20N2O. The summed E-state index contributed by atoms with van der Waals surface area (Å²) in [7, 11) is 2.04. The van der Waals surface area contributed by atoms with Crippen molar-refractivity contribution in [2.24, 2.45) is 5.73 Å². The molecule has 72 valence electrons. The van der Waals surface area contributed by atoms with E-state index in [1.807, 2.05) is 7.05 Å². The minimum atomic E-state index is -0.372. The van der Waals surface area contributed by atoms with Crippen molar-refractivity contribution >= 4 is 0 Å². The van der Waals surface area contributed by atoms with Gasteiger partial charge in [-0.3, -0.25) is 0 Å². The summed E-state index contributed by atoms with van der Waals surface area (Å²) in [5.74, 6) is 0. The van der Waals surface area contributed by atoms with Gasteiger partial charge in [-0.25, -0.2) is 0 Å². The Hall–Kier alpha value is -0.120. The van der Waals surface area contributed by atoms with Gasteiger partial charge in [0, 0.05) is 13.1 Å². The maximum absolute atomic E-state index is 9.81. The molecule has 0 spiro atoms. The SMILES string of the molecule is CN1CC(O)(CCCCCN)C1. The zero-order valence-corrected chi connectivity index (χ0v) is 7.92. The average Bonchev–Trinajstić information content (AvgIpc) is 1.96. The van der Waals surface area contributed by atoms with E-state index in [1.165, 1.54) is 0 Å². The number of β-amino-alcohol motifs (C(OH)–C–C–N with tert-alkyl or cyclic N) is 1. The van der Waals surface area contributed by atoms with Crippen molar-refractivity contribution in [2.45, 2.75) is 31.3 Å². The first-order chi connectivity index (χ1) is 5.66. The van der Waals surface area contributed by atoms with Gasteiger partial charge in [-0.1, -0.05) is 12.8 Å². The van der Waals surface area contributed by atoms with E-state index in [0.29, 0.717) is 0 Å². The van der Waals surface area contributed by atoms with Crippen molar-refractivity contribution in [1.82, 2.24) is 4.90 Å². The number of hydrogen-bond donors (Lipinski definition) is 2. The summed E-state index contributed by atoms with van der Waals surface area (Å²) < 4.78 is 0. The molecule has 1 saturated heterocycles. The van der Waals surface area contributed by atoms with Gasteiger partial charge in [-0.2, -0.15) is 0 Å². The van der Waals surface area contributed by atoms with Gasteiger partial charge in [0.1, 0.15) is 0 Å². The van der Waals surface area contributed by atoms with Crippen LogP contribution in [0.4, 0.5) is 0 Å². The highest BCUT2D eigenvalue weighted by molar-refractivity contribution is 4.93. The van der Waals surface area contributed by atoms with Gasteiger partial charge >= 0.3 is 0 Å². The van der Waals surface area contributed by atoms with Crippen LogP contribution >= 0.6 is 0 Å². The van der Waals surface area contributed by atoms with Crippen LogP contribution in [0.1, 0.15) is 25.7 Å². The molecule has 1 aliphatic heterocycles. The Balaban J connectivity index is 2.00. The molecular weight excluding hydrogens is 152 g/mol. The Kier molecular flexibility index (Phi) is 3.50. The van der Waals surface area contributed by atoms with Crippen LogP contribution in [0, 0.1) is 0 Å². The zero-order valence-electron chi connectivity index (χ0n) is 7.92. The van der Waals surface area contributed by atoms with Crippen LogP contribution < -0.4 is 5.73 Å². The molecule has 0 aromatic heterocycles. The number of nitrogens with two attached hydrogens (primary N) is 1. The first-order valence-corrected chi connectivity index (χ1v) is 4.77. The molecule has 0 aliphatic carbocycles. The number of likely N-dealkylation sites (N-methyl/N-ethyl adjacent to an activating group) is 1. The lowest BCUT2D eigenvalue weighted by Crippen LogP contribution is -2.59. The van der Waals surface area contributed by atoms with Gasteiger partial charge in [0.05, 0.1) is 5.60 Å². The topological polar surface area (TPSA) is 49.5 Å². The largest absolute Gasteiger partial charge is 0.387 e. The van der Waals surface area contributed by atoms with Gasteiger partial charge in [-0.15, -0.1) is 0 Å². The van der Waals surface area contributed by atoms with Crippen LogP contribution in [0.3, 0.4) is 0 Å². The summed E-state index contributed by atoms with van der Waals surface area (Å²) in [5.41, 5.74) is 5.00. The second-order valence-electron chi connectivity index (χ2n) is 4.00. The summed E-state index contributed by atoms with van der Waals surface area (Å²) in [6, 6.07) is 0. The molecule has 0 unspecified atom stereocenters. The minimum Gasteiger partial charge on any atom is -0.387 e. The third-order valence-electron chi connectivity index (χ3n) is 2.47. The Morgan fingerprint density at radius 1 is 1.33 bits per heavy atom. The molecule has 0 atom stereocenters. The minimum absolute atomic E-state index is 0.372. The standard InChI is InChI=1S/C9H20N2O/c1-11-7-9(12,8-11)5-3-2-4-6-10/h12H,2-8,10H2,1H3. The predicted octanol–water partition coefficient (Wildman–Crippen LogP) is 0.182. The van der Waals surface area contributed by atoms with E-state index in [-0.39, 0.29) is 5.60 Å². The molecule has 0 saturated carbocycles. The number of rotatable bonds is 5. The Morgan fingerprint density at radius 2 is 2.00 bits per heavy atom. The fourth-order valence-corrected chi connectivity index (χ4v) is 1.89. The van der Waals surface area contributed by atoms with Gasteiger partial charge in [0.2, 0.25) is 0 Å². The zero-order chi connectivity index (χ0) is 9.03. The van der Waals surface area contributed by atoms with Crippen molar-refractivity contribution in [1.29, 1.82) is 0 Å². The molecule has 3 nitrogen and oxygen atoms in total. The van der Waals surface area contributed by atoms with Gasteiger partial charge < -0.3 is 15.7 Å². The van der Waals surface area contributed by atoms with Crippen molar-refractivity contribution < 1.29 is 5.11 Å². The second-order valence-corrected chi connectivity index (χ2v) is 4.00. The van der Waals surface area contributed by atoms with Crippen LogP contribution in [-0.2, 0) is 0 Å². The van der Waals surface area contributed by atoms with Gasteiger partial charge in [0.25, 0.3) is 0 Å². The lowest BCUT2D eigenvalue weighted by molar-refractivity contribution is -0.0922. The molecule has 0 bridgehead atoms. The Morgan fingerprint density at radius 3 is 2.50 bits per heavy atom. The summed E-state index contributed by atoms with van der Waals surface area (Å²) in [5, 5.41) is 9.81. The molecule has 0 radical (unpaired) electrons. The normalized spacial score (nSPS) is 22.2. The smallest absolute Gasteiger partial charge is 0.0899 e. The van der Waals surface area contributed by atoms with Crippen molar-refractivity contribution in [3.63, 3.8) is 0 Å². The number of nitrogens with zero attached hydrogens (tertiary/aromatic N) is 1. The van der Waals surface area contributed by atoms with Gasteiger partial charge in [-0.05, 0) is 26.4 Å². The van der Waals surface area contributed by atoms with Crippen molar-refractivity contribution in [2.75, 3.05) is 26.7 Å². The molecule has 0 aromatic carbocycles. The molecule has 1 aliphatic rings. The highest BCUT2D eigenvalue weighted by atomic mass is 16.3. The first kappa shape index (κ1) is 9.96. The molecule has 0 aromatic rings. The van der Waals surface area contributed by atoms with E-state index in [1.54, 1.807) is 0 Å². The third-order valence-corrected chi connectivity index (χ3v) is 2.47. The maximum atomic E-state index is 9.81. The fraction of sp³-hybridized carbons (Fsp3) is 1.00. The van der Waals surface area contributed by atoms with E-state index in [2.05, 4.69) is 4.90 Å². The average molecular weight is 172 g/mol. The predicted molar refractivity (Wildman–Crippen MR) is 50.0 cm³/mol. The van der Waals surface area contributed by atoms with E-state index < -0.39 is 0 Å². The lowest BCUT2D eigenvalue weighted by Gasteiger charge is -2.44. The van der Waals surface area contributed by atoms with Crippen molar-refractivity contribution in [3.8, 4) is 0 Å². The van der Waals surface area contributed by atoms with Crippen molar-refractivity contribution in [3.05, 3.63) is 0 Å². The fourth-order valence-electron chi connectivity index (χ4n) is 1.89. The lowest BCUT2D eigenvalue weighted by atomic mass is 9.89. The van der Waals surface area contributed by atoms with Crippen LogP contribution in [0.25, 0.3) is 0 Å². The molecule has 3 N–H and O–H groups in total. The second kappa shape index (κ2) is 4.21. The monoisotopic (exact) mass is 172 g/mol. The third kappa shape index (κ3) is 2.73. The van der Waals surface area contributed by atoms with Crippen LogP contribution in [0.5, 0.6) is 0 Å². The van der Waals surface area contributed by atoms with E-state index in [9.17, 15) is 5.11 Å². The number of aliphatic hydroxyl groups is 1. The number of hydrogen-bond acceptors (Lipinski definition) is 3. The molecule has 0 amide bonds. The Bertz CT molecular complexity index is 132. The molecule has 3 heteroatoms. The maximum Gasteiger partial charge on any atom is 0.0899 e. The quantitative estimate of drug-likeness (QED) is 0.582. The van der Waals surface area contributed by atoms with E-state index >= 15 is 0 Å². The summed E-state index contributed by atoms with van der Waals surface area (Å²) in [4.78, 5) is 2.14. The molecule has 1 fully saturated rings. The van der Waals surface area contributed by atoms with Crippen LogP contribution in [0.2, 0.25) is 0 Å². The summed E-state index contributed by atoms with van der Waals surface area (Å²) >= 11 is 0. The van der Waals surface area contributed by atoms with Crippen LogP contribution in [0.15, 0.2) is 0 Å². The summed E-state index contributed by atoms with van der Waals surface area (Å²) in [6.45, 7) is 2.46. The molecule has 1 heterocycles. The van der Waals surface area contributed by atoms with Gasteiger partial charge in [0.15, 0.2) is 0 Å². The summed E-state index contributed by atoms with van der Waals surface area (Å²) in [6.07, 6.45) is 4.30. The number of likely N-dealkylation sites (tertiary alicyclic amines) is 1. The Labute approximate surface area is 74.5 Å². The highest BCUT2D eigenvalue weighted by Gasteiger charge is 2.37. The van der Waals surface area contributed by atoms with E-state index in [0.717, 1.165) is 45.3 Å². The highest BCUT2D eigenvalue weighted by Crippen LogP contribution is 2.24. The first-order valence-electron chi connectivity index (χ1n) is 4.77. The number of unbranched alkanes of at least 4 members (excludes halogenated alkanes) is 2. The molecule has 12 heavy (non-hydrogen) atoms.